The van der Waals surface area contributed by atoms with Crippen molar-refractivity contribution in [1.82, 2.24) is 10.9 Å². The predicted molar refractivity (Wildman–Crippen MR) is 88.7 cm³/mol. The van der Waals surface area contributed by atoms with Gasteiger partial charge in [-0.25, -0.2) is 4.39 Å². The topological polar surface area (TPSA) is 67.4 Å². The van der Waals surface area contributed by atoms with Crippen LogP contribution in [0.1, 0.15) is 5.56 Å². The fraction of sp³-hybridized carbons (Fsp3) is 0.0588. The molecule has 0 saturated carbocycles. The molecule has 0 aliphatic rings. The molecule has 5 nitrogen and oxygen atoms in total. The van der Waals surface area contributed by atoms with Crippen molar-refractivity contribution >= 4 is 29.5 Å². The molecular formula is C17H14ClFN2O3. The summed E-state index contributed by atoms with van der Waals surface area (Å²) in [5.41, 5.74) is 5.06. The Balaban J connectivity index is 1.74. The summed E-state index contributed by atoms with van der Waals surface area (Å²) in [5, 5.41) is 0.386. The van der Waals surface area contributed by atoms with E-state index >= 15 is 0 Å². The van der Waals surface area contributed by atoms with Gasteiger partial charge in [0.25, 0.3) is 11.8 Å². The molecule has 0 fully saturated rings. The Morgan fingerprint density at radius 2 is 1.79 bits per heavy atom. The number of nitrogens with one attached hydrogen (secondary N) is 2. The summed E-state index contributed by atoms with van der Waals surface area (Å²) in [5.74, 6) is -1.07. The number of hydrazine groups is 1. The first kappa shape index (κ1) is 17.5. The summed E-state index contributed by atoms with van der Waals surface area (Å²) in [6, 6.07) is 12.3. The van der Waals surface area contributed by atoms with Gasteiger partial charge < -0.3 is 4.74 Å². The molecule has 0 aliphatic carbocycles. The van der Waals surface area contributed by atoms with Gasteiger partial charge in [0.05, 0.1) is 5.02 Å². The van der Waals surface area contributed by atoms with Gasteiger partial charge >= 0.3 is 0 Å². The molecular weight excluding hydrogens is 335 g/mol. The van der Waals surface area contributed by atoms with E-state index in [2.05, 4.69) is 10.9 Å². The maximum atomic E-state index is 12.7. The number of hydrogen-bond donors (Lipinski definition) is 2. The molecule has 0 heterocycles. The maximum Gasteiger partial charge on any atom is 0.276 e. The lowest BCUT2D eigenvalue weighted by Crippen LogP contribution is -2.43. The van der Waals surface area contributed by atoms with Crippen LogP contribution >= 0.6 is 11.6 Å². The number of para-hydroxylation sites is 1. The molecule has 0 bridgehead atoms. The summed E-state index contributed by atoms with van der Waals surface area (Å²) < 4.78 is 18.0. The van der Waals surface area contributed by atoms with Crippen molar-refractivity contribution in [1.29, 1.82) is 0 Å². The number of halogens is 2. The average Bonchev–Trinajstić information content (AvgIpc) is 2.58. The van der Waals surface area contributed by atoms with Crippen LogP contribution in [-0.2, 0) is 9.59 Å². The van der Waals surface area contributed by atoms with Crippen molar-refractivity contribution in [2.75, 3.05) is 6.61 Å². The third-order valence-corrected chi connectivity index (χ3v) is 3.13. The summed E-state index contributed by atoms with van der Waals surface area (Å²) in [7, 11) is 0. The molecule has 7 heteroatoms. The molecule has 0 radical (unpaired) electrons. The number of carbonyl (C=O) groups excluding carboxylic acids is 2. The second kappa shape index (κ2) is 8.69. The SMILES string of the molecule is O=C(/C=C/c1ccc(F)cc1)NNC(=O)COc1ccccc1Cl. The summed E-state index contributed by atoms with van der Waals surface area (Å²) in [6.45, 7) is -0.300. The third-order valence-electron chi connectivity index (χ3n) is 2.82. The molecule has 0 atom stereocenters. The zero-order valence-electron chi connectivity index (χ0n) is 12.5. The Kier molecular flexibility index (Phi) is 6.33. The number of hydrogen-bond acceptors (Lipinski definition) is 3. The van der Waals surface area contributed by atoms with Crippen molar-refractivity contribution < 1.29 is 18.7 Å². The van der Waals surface area contributed by atoms with E-state index in [0.29, 0.717) is 16.3 Å². The van der Waals surface area contributed by atoms with Crippen LogP contribution in [0.15, 0.2) is 54.6 Å². The van der Waals surface area contributed by atoms with E-state index in [-0.39, 0.29) is 12.4 Å². The van der Waals surface area contributed by atoms with Crippen LogP contribution in [0.4, 0.5) is 4.39 Å². The quantitative estimate of drug-likeness (QED) is 0.645. The minimum Gasteiger partial charge on any atom is -0.482 e. The smallest absolute Gasteiger partial charge is 0.276 e. The number of benzene rings is 2. The highest BCUT2D eigenvalue weighted by atomic mass is 35.5. The fourth-order valence-electron chi connectivity index (χ4n) is 1.66. The molecule has 2 aromatic rings. The molecule has 0 aromatic heterocycles. The summed E-state index contributed by atoms with van der Waals surface area (Å²) >= 11 is 5.89. The number of amides is 2. The molecule has 0 unspecified atom stereocenters. The van der Waals surface area contributed by atoms with E-state index in [1.54, 1.807) is 24.3 Å². The van der Waals surface area contributed by atoms with E-state index in [0.717, 1.165) is 0 Å². The van der Waals surface area contributed by atoms with Gasteiger partial charge in [-0.1, -0.05) is 35.9 Å². The zero-order valence-corrected chi connectivity index (χ0v) is 13.2. The minimum atomic E-state index is -0.543. The molecule has 0 saturated heterocycles. The van der Waals surface area contributed by atoms with Gasteiger partial charge in [-0.15, -0.1) is 0 Å². The minimum absolute atomic E-state index is 0.300. The second-order valence-corrected chi connectivity index (χ2v) is 5.05. The van der Waals surface area contributed by atoms with Crippen molar-refractivity contribution in [2.24, 2.45) is 0 Å². The molecule has 24 heavy (non-hydrogen) atoms. The lowest BCUT2D eigenvalue weighted by Gasteiger charge is -2.08. The molecule has 2 aromatic carbocycles. The van der Waals surface area contributed by atoms with Crippen LogP contribution in [0.3, 0.4) is 0 Å². The lowest BCUT2D eigenvalue weighted by molar-refractivity contribution is -0.128. The van der Waals surface area contributed by atoms with Gasteiger partial charge in [0, 0.05) is 6.08 Å². The molecule has 124 valence electrons. The summed E-state index contributed by atoms with van der Waals surface area (Å²) in [6.07, 6.45) is 2.70. The van der Waals surface area contributed by atoms with E-state index < -0.39 is 11.8 Å². The van der Waals surface area contributed by atoms with Gasteiger partial charge in [-0.2, -0.15) is 0 Å². The third kappa shape index (κ3) is 5.73. The highest BCUT2D eigenvalue weighted by Gasteiger charge is 2.05. The highest BCUT2D eigenvalue weighted by Crippen LogP contribution is 2.22. The fourth-order valence-corrected chi connectivity index (χ4v) is 1.85. The van der Waals surface area contributed by atoms with E-state index in [1.807, 2.05) is 0 Å². The van der Waals surface area contributed by atoms with Gasteiger partial charge in [-0.3, -0.25) is 20.4 Å². The average molecular weight is 349 g/mol. The van der Waals surface area contributed by atoms with Crippen molar-refractivity contribution in [3.05, 3.63) is 71.0 Å². The monoisotopic (exact) mass is 348 g/mol. The van der Waals surface area contributed by atoms with Crippen LogP contribution in [0, 0.1) is 5.82 Å². The Hall–Kier alpha value is -2.86. The Labute approximate surface area is 143 Å². The van der Waals surface area contributed by atoms with Gasteiger partial charge in [0.2, 0.25) is 0 Å². The Bertz CT molecular complexity index is 748. The Morgan fingerprint density at radius 3 is 2.50 bits per heavy atom. The predicted octanol–water partition coefficient (Wildman–Crippen LogP) is 2.72. The van der Waals surface area contributed by atoms with Crippen LogP contribution < -0.4 is 15.6 Å². The number of carbonyl (C=O) groups is 2. The van der Waals surface area contributed by atoms with Gasteiger partial charge in [0.1, 0.15) is 11.6 Å². The first-order valence-corrected chi connectivity index (χ1v) is 7.32. The molecule has 2 rings (SSSR count). The van der Waals surface area contributed by atoms with Crippen LogP contribution in [0.2, 0.25) is 5.02 Å². The standard InChI is InChI=1S/C17H14ClFN2O3/c18-14-3-1-2-4-15(14)24-11-17(23)21-20-16(22)10-7-12-5-8-13(19)9-6-12/h1-10H,11H2,(H,20,22)(H,21,23)/b10-7+. The molecule has 2 N–H and O–H groups in total. The maximum absolute atomic E-state index is 12.7. The van der Waals surface area contributed by atoms with Crippen molar-refractivity contribution in [2.45, 2.75) is 0 Å². The highest BCUT2D eigenvalue weighted by molar-refractivity contribution is 6.32. The van der Waals surface area contributed by atoms with Gasteiger partial charge in [-0.05, 0) is 35.9 Å². The Morgan fingerprint density at radius 1 is 1.08 bits per heavy atom. The number of rotatable bonds is 5. The summed E-state index contributed by atoms with van der Waals surface area (Å²) in [4.78, 5) is 23.2. The van der Waals surface area contributed by atoms with E-state index in [4.69, 9.17) is 16.3 Å². The normalized spacial score (nSPS) is 10.4. The molecule has 2 amide bonds. The van der Waals surface area contributed by atoms with Crippen LogP contribution in [0.5, 0.6) is 5.75 Å². The lowest BCUT2D eigenvalue weighted by atomic mass is 10.2. The van der Waals surface area contributed by atoms with Crippen molar-refractivity contribution in [3.63, 3.8) is 0 Å². The van der Waals surface area contributed by atoms with E-state index in [9.17, 15) is 14.0 Å². The van der Waals surface area contributed by atoms with Crippen LogP contribution in [0.25, 0.3) is 6.08 Å². The molecule has 0 spiro atoms. The van der Waals surface area contributed by atoms with Gasteiger partial charge in [0.15, 0.2) is 6.61 Å². The zero-order chi connectivity index (χ0) is 17.4. The number of ether oxygens (including phenoxy) is 1. The largest absolute Gasteiger partial charge is 0.482 e. The van der Waals surface area contributed by atoms with E-state index in [1.165, 1.54) is 36.4 Å². The first-order chi connectivity index (χ1) is 11.5. The first-order valence-electron chi connectivity index (χ1n) is 6.94. The second-order valence-electron chi connectivity index (χ2n) is 4.64. The van der Waals surface area contributed by atoms with Crippen LogP contribution in [-0.4, -0.2) is 18.4 Å². The van der Waals surface area contributed by atoms with Crippen molar-refractivity contribution in [3.8, 4) is 5.75 Å². The molecule has 0 aliphatic heterocycles.